The normalized spacial score (nSPS) is 13.1. The lowest BCUT2D eigenvalue weighted by atomic mass is 10.00. The molecule has 0 aromatic heterocycles. The maximum Gasteiger partial charge on any atom is 0.373 e. The number of hydrogen-bond donors (Lipinski definition) is 2. The standard InChI is InChI=1S/C9H7F6NO/c10-7(11)9(14,15)8(12,13)4-2-1-3-5(17)6(4)16/h1-3,7,17H,16H2. The van der Waals surface area contributed by atoms with Crippen LogP contribution in [0, 0.1) is 0 Å². The smallest absolute Gasteiger partial charge is 0.373 e. The van der Waals surface area contributed by atoms with Crippen molar-refractivity contribution in [2.45, 2.75) is 18.3 Å². The highest BCUT2D eigenvalue weighted by molar-refractivity contribution is 5.59. The Morgan fingerprint density at radius 1 is 1.12 bits per heavy atom. The Morgan fingerprint density at radius 2 is 1.65 bits per heavy atom. The summed E-state index contributed by atoms with van der Waals surface area (Å²) in [5.74, 6) is -11.6. The number of phenols is 1. The number of rotatable bonds is 3. The Morgan fingerprint density at radius 3 is 2.12 bits per heavy atom. The summed E-state index contributed by atoms with van der Waals surface area (Å²) in [6, 6.07) is 2.12. The summed E-state index contributed by atoms with van der Waals surface area (Å²) in [5, 5.41) is 8.98. The lowest BCUT2D eigenvalue weighted by Crippen LogP contribution is -2.44. The number of nitrogens with two attached hydrogens (primary N) is 1. The first-order valence-corrected chi connectivity index (χ1v) is 4.24. The maximum absolute atomic E-state index is 13.2. The lowest BCUT2D eigenvalue weighted by molar-refractivity contribution is -0.270. The third kappa shape index (κ3) is 1.98. The monoisotopic (exact) mass is 259 g/mol. The van der Waals surface area contributed by atoms with E-state index in [1.807, 2.05) is 0 Å². The van der Waals surface area contributed by atoms with Crippen LogP contribution in [0.25, 0.3) is 0 Å². The van der Waals surface area contributed by atoms with Crippen LogP contribution in [0.2, 0.25) is 0 Å². The van der Waals surface area contributed by atoms with Gasteiger partial charge in [0.1, 0.15) is 5.75 Å². The minimum atomic E-state index is -5.57. The number of nitrogen functional groups attached to an aromatic ring is 1. The predicted octanol–water partition coefficient (Wildman–Crippen LogP) is 2.97. The van der Waals surface area contributed by atoms with Gasteiger partial charge in [0.05, 0.1) is 11.3 Å². The number of benzene rings is 1. The van der Waals surface area contributed by atoms with Crippen molar-refractivity contribution in [1.82, 2.24) is 0 Å². The zero-order valence-electron chi connectivity index (χ0n) is 8.10. The number of aromatic hydroxyl groups is 1. The molecule has 17 heavy (non-hydrogen) atoms. The highest BCUT2D eigenvalue weighted by Gasteiger charge is 2.64. The van der Waals surface area contributed by atoms with E-state index in [0.717, 1.165) is 12.1 Å². The van der Waals surface area contributed by atoms with E-state index in [4.69, 9.17) is 10.8 Å². The fraction of sp³-hybridized carbons (Fsp3) is 0.333. The van der Waals surface area contributed by atoms with Crippen molar-refractivity contribution in [3.63, 3.8) is 0 Å². The molecule has 0 aliphatic rings. The summed E-state index contributed by atoms with van der Waals surface area (Å²) in [5.41, 5.74) is 2.36. The molecule has 1 aromatic carbocycles. The van der Waals surface area contributed by atoms with Crippen LogP contribution in [0.4, 0.5) is 32.0 Å². The first kappa shape index (κ1) is 13.5. The van der Waals surface area contributed by atoms with E-state index in [1.165, 1.54) is 0 Å². The molecule has 0 fully saturated rings. The number of phenolic OH excluding ortho intramolecular Hbond substituents is 1. The van der Waals surface area contributed by atoms with Crippen molar-refractivity contribution >= 4 is 5.69 Å². The minimum Gasteiger partial charge on any atom is -0.506 e. The fourth-order valence-corrected chi connectivity index (χ4v) is 1.14. The fourth-order valence-electron chi connectivity index (χ4n) is 1.14. The number of alkyl halides is 6. The second kappa shape index (κ2) is 4.01. The van der Waals surface area contributed by atoms with E-state index in [9.17, 15) is 26.3 Å². The van der Waals surface area contributed by atoms with E-state index < -0.39 is 35.3 Å². The molecular formula is C9H7F6NO. The summed E-state index contributed by atoms with van der Waals surface area (Å²) >= 11 is 0. The topological polar surface area (TPSA) is 46.2 Å². The van der Waals surface area contributed by atoms with Crippen LogP contribution < -0.4 is 5.73 Å². The second-order valence-corrected chi connectivity index (χ2v) is 3.24. The van der Waals surface area contributed by atoms with Crippen LogP contribution in [0.1, 0.15) is 5.56 Å². The third-order valence-electron chi connectivity index (χ3n) is 2.11. The molecule has 0 atom stereocenters. The molecule has 0 aliphatic heterocycles. The highest BCUT2D eigenvalue weighted by atomic mass is 19.3. The third-order valence-corrected chi connectivity index (χ3v) is 2.11. The van der Waals surface area contributed by atoms with Crippen molar-refractivity contribution < 1.29 is 31.4 Å². The average molecular weight is 259 g/mol. The predicted molar refractivity (Wildman–Crippen MR) is 47.4 cm³/mol. The van der Waals surface area contributed by atoms with Crippen molar-refractivity contribution in [3.8, 4) is 5.75 Å². The van der Waals surface area contributed by atoms with Gasteiger partial charge in [-0.25, -0.2) is 8.78 Å². The Kier molecular flexibility index (Phi) is 3.17. The molecule has 1 aromatic rings. The van der Waals surface area contributed by atoms with Gasteiger partial charge in [0, 0.05) is 0 Å². The van der Waals surface area contributed by atoms with Gasteiger partial charge in [0.2, 0.25) is 0 Å². The lowest BCUT2D eigenvalue weighted by Gasteiger charge is -2.27. The molecule has 0 saturated carbocycles. The van der Waals surface area contributed by atoms with Crippen molar-refractivity contribution in [1.29, 1.82) is 0 Å². The average Bonchev–Trinajstić information content (AvgIpc) is 2.21. The van der Waals surface area contributed by atoms with Crippen LogP contribution in [0.5, 0.6) is 5.75 Å². The first-order valence-electron chi connectivity index (χ1n) is 4.24. The molecule has 2 nitrogen and oxygen atoms in total. The summed E-state index contributed by atoms with van der Waals surface area (Å²) in [4.78, 5) is 0. The quantitative estimate of drug-likeness (QED) is 0.498. The molecule has 8 heteroatoms. The van der Waals surface area contributed by atoms with E-state index in [1.54, 1.807) is 0 Å². The van der Waals surface area contributed by atoms with Crippen LogP contribution in [-0.2, 0) is 5.92 Å². The molecule has 0 saturated heterocycles. The van der Waals surface area contributed by atoms with Crippen molar-refractivity contribution in [2.75, 3.05) is 5.73 Å². The molecule has 0 radical (unpaired) electrons. The van der Waals surface area contributed by atoms with Gasteiger partial charge < -0.3 is 10.8 Å². The van der Waals surface area contributed by atoms with E-state index >= 15 is 0 Å². The molecule has 1 rings (SSSR count). The van der Waals surface area contributed by atoms with E-state index in [2.05, 4.69) is 0 Å². The molecule has 3 N–H and O–H groups in total. The number of halogens is 6. The van der Waals surface area contributed by atoms with Crippen LogP contribution in [0.3, 0.4) is 0 Å². The minimum absolute atomic E-state index is 0.450. The van der Waals surface area contributed by atoms with Gasteiger partial charge >= 0.3 is 18.3 Å². The van der Waals surface area contributed by atoms with Gasteiger partial charge in [-0.1, -0.05) is 12.1 Å². The van der Waals surface area contributed by atoms with Crippen molar-refractivity contribution in [2.24, 2.45) is 0 Å². The largest absolute Gasteiger partial charge is 0.506 e. The molecule has 0 bridgehead atoms. The molecule has 0 amide bonds. The summed E-state index contributed by atoms with van der Waals surface area (Å²) in [6.45, 7) is 0. The highest BCUT2D eigenvalue weighted by Crippen LogP contribution is 2.49. The van der Waals surface area contributed by atoms with Gasteiger partial charge in [-0.05, 0) is 6.07 Å². The Labute approximate surface area is 91.7 Å². The maximum atomic E-state index is 13.2. The first-order chi connectivity index (χ1) is 7.62. The van der Waals surface area contributed by atoms with Gasteiger partial charge in [-0.2, -0.15) is 17.6 Å². The SMILES string of the molecule is Nc1c(O)cccc1C(F)(F)C(F)(F)C(F)F. The van der Waals surface area contributed by atoms with Gasteiger partial charge in [0.15, 0.2) is 0 Å². The summed E-state index contributed by atoms with van der Waals surface area (Å²) in [7, 11) is 0. The Hall–Kier alpha value is -1.60. The molecular weight excluding hydrogens is 252 g/mol. The van der Waals surface area contributed by atoms with E-state index in [0.29, 0.717) is 6.07 Å². The summed E-state index contributed by atoms with van der Waals surface area (Å²) in [6.07, 6.45) is -4.56. The van der Waals surface area contributed by atoms with E-state index in [-0.39, 0.29) is 0 Å². The molecule has 0 aliphatic carbocycles. The number of anilines is 1. The zero-order chi connectivity index (χ0) is 13.4. The number of hydrogen-bond acceptors (Lipinski definition) is 2. The second-order valence-electron chi connectivity index (χ2n) is 3.24. The van der Waals surface area contributed by atoms with Gasteiger partial charge in [0.25, 0.3) is 0 Å². The number of para-hydroxylation sites is 1. The van der Waals surface area contributed by atoms with Crippen LogP contribution in [-0.4, -0.2) is 17.5 Å². The van der Waals surface area contributed by atoms with Crippen LogP contribution in [0.15, 0.2) is 18.2 Å². The van der Waals surface area contributed by atoms with Gasteiger partial charge in [-0.15, -0.1) is 0 Å². The molecule has 0 unspecified atom stereocenters. The van der Waals surface area contributed by atoms with Crippen molar-refractivity contribution in [3.05, 3.63) is 23.8 Å². The molecule has 0 heterocycles. The summed E-state index contributed by atoms with van der Waals surface area (Å²) < 4.78 is 75.6. The van der Waals surface area contributed by atoms with Crippen LogP contribution >= 0.6 is 0 Å². The molecule has 0 spiro atoms. The zero-order valence-corrected chi connectivity index (χ0v) is 8.10. The molecule has 96 valence electrons. The Bertz CT molecular complexity index is 420. The Balaban J connectivity index is 3.36. The van der Waals surface area contributed by atoms with Gasteiger partial charge in [-0.3, -0.25) is 0 Å².